The fraction of sp³-hybridized carbons (Fsp3) is 0.444. The predicted molar refractivity (Wildman–Crippen MR) is 62.3 cm³/mol. The molecule has 1 aromatic heterocycles. The quantitative estimate of drug-likeness (QED) is 0.816. The number of hydrogen-bond acceptors (Lipinski definition) is 5. The Morgan fingerprint density at radius 3 is 2.59 bits per heavy atom. The Labute approximate surface area is 100 Å². The van der Waals surface area contributed by atoms with Crippen molar-refractivity contribution in [2.45, 2.75) is 13.8 Å². The van der Waals surface area contributed by atoms with Crippen LogP contribution < -0.4 is 9.03 Å². The molecule has 0 aliphatic carbocycles. The fourth-order valence-electron chi connectivity index (χ4n) is 0.907. The molecule has 0 aliphatic rings. The number of hydrogen-bond donors (Lipinski definition) is 1. The zero-order valence-corrected chi connectivity index (χ0v) is 10.6. The van der Waals surface area contributed by atoms with E-state index in [1.54, 1.807) is 13.8 Å². The molecule has 0 aliphatic heterocycles. The predicted octanol–water partition coefficient (Wildman–Crippen LogP) is -0.0702. The van der Waals surface area contributed by atoms with Crippen LogP contribution >= 0.6 is 0 Å². The molecule has 0 fully saturated rings. The van der Waals surface area contributed by atoms with Gasteiger partial charge in [-0.2, -0.15) is 8.42 Å². The van der Waals surface area contributed by atoms with Crippen LogP contribution in [0.4, 0.5) is 5.82 Å². The monoisotopic (exact) mass is 258 g/mol. The standard InChI is InChI=1S/C9H14N4O3S/c1-7(2)9(14)12-17(15,16)13(3)8-4-5-10-6-11-8/h4-7H,1-3H3,(H,12,14). The summed E-state index contributed by atoms with van der Waals surface area (Å²) in [6.45, 7) is 3.21. The molecule has 94 valence electrons. The van der Waals surface area contributed by atoms with Crippen LogP contribution in [-0.4, -0.2) is 31.3 Å². The van der Waals surface area contributed by atoms with Gasteiger partial charge in [-0.3, -0.25) is 4.79 Å². The topological polar surface area (TPSA) is 92.3 Å². The van der Waals surface area contributed by atoms with Gasteiger partial charge < -0.3 is 0 Å². The summed E-state index contributed by atoms with van der Waals surface area (Å²) in [7, 11) is -2.61. The van der Waals surface area contributed by atoms with Crippen LogP contribution in [0.5, 0.6) is 0 Å². The molecule has 1 N–H and O–H groups in total. The van der Waals surface area contributed by atoms with Crippen molar-refractivity contribution in [1.29, 1.82) is 0 Å². The maximum Gasteiger partial charge on any atom is 0.327 e. The highest BCUT2D eigenvalue weighted by Crippen LogP contribution is 2.09. The maximum atomic E-state index is 11.8. The van der Waals surface area contributed by atoms with Crippen molar-refractivity contribution in [1.82, 2.24) is 14.7 Å². The lowest BCUT2D eigenvalue weighted by Gasteiger charge is -2.18. The van der Waals surface area contributed by atoms with E-state index in [9.17, 15) is 13.2 Å². The Morgan fingerprint density at radius 1 is 1.47 bits per heavy atom. The molecular formula is C9H14N4O3S. The van der Waals surface area contributed by atoms with E-state index >= 15 is 0 Å². The van der Waals surface area contributed by atoms with Gasteiger partial charge in [0.15, 0.2) is 0 Å². The van der Waals surface area contributed by atoms with Crippen LogP contribution in [-0.2, 0) is 15.0 Å². The van der Waals surface area contributed by atoms with Gasteiger partial charge in [0.05, 0.1) is 0 Å². The van der Waals surface area contributed by atoms with Crippen LogP contribution in [0.2, 0.25) is 0 Å². The molecule has 0 saturated heterocycles. The van der Waals surface area contributed by atoms with E-state index in [2.05, 4.69) is 9.97 Å². The first kappa shape index (κ1) is 13.4. The molecule has 0 spiro atoms. The van der Waals surface area contributed by atoms with Gasteiger partial charge in [-0.15, -0.1) is 0 Å². The lowest BCUT2D eigenvalue weighted by molar-refractivity contribution is -0.122. The normalized spacial score (nSPS) is 11.3. The van der Waals surface area contributed by atoms with Crippen molar-refractivity contribution in [2.75, 3.05) is 11.4 Å². The third-order valence-electron chi connectivity index (χ3n) is 2.00. The minimum Gasteiger partial charge on any atom is -0.274 e. The van der Waals surface area contributed by atoms with E-state index in [0.717, 1.165) is 4.31 Å². The van der Waals surface area contributed by atoms with E-state index in [0.29, 0.717) is 0 Å². The highest BCUT2D eigenvalue weighted by molar-refractivity contribution is 7.91. The van der Waals surface area contributed by atoms with Gasteiger partial charge >= 0.3 is 10.2 Å². The van der Waals surface area contributed by atoms with E-state index in [1.807, 2.05) is 4.72 Å². The van der Waals surface area contributed by atoms with Crippen molar-refractivity contribution < 1.29 is 13.2 Å². The SMILES string of the molecule is CC(C)C(=O)NS(=O)(=O)N(C)c1ccncn1. The van der Waals surface area contributed by atoms with Crippen LogP contribution in [0.1, 0.15) is 13.8 Å². The number of nitrogens with one attached hydrogen (secondary N) is 1. The van der Waals surface area contributed by atoms with Gasteiger partial charge in [0.1, 0.15) is 12.1 Å². The Morgan fingerprint density at radius 2 is 2.12 bits per heavy atom. The van der Waals surface area contributed by atoms with Gasteiger partial charge in [0.2, 0.25) is 5.91 Å². The summed E-state index contributed by atoms with van der Waals surface area (Å²) < 4.78 is 26.4. The summed E-state index contributed by atoms with van der Waals surface area (Å²) in [5, 5.41) is 0. The third kappa shape index (κ3) is 3.38. The van der Waals surface area contributed by atoms with Gasteiger partial charge in [0.25, 0.3) is 0 Å². The minimum absolute atomic E-state index is 0.184. The Kier molecular flexibility index (Phi) is 4.00. The molecule has 1 amide bonds. The van der Waals surface area contributed by atoms with Gasteiger partial charge in [-0.25, -0.2) is 19.0 Å². The summed E-state index contributed by atoms with van der Waals surface area (Å²) in [5.41, 5.74) is 0. The molecule has 8 heteroatoms. The molecule has 0 bridgehead atoms. The number of carbonyl (C=O) groups is 1. The van der Waals surface area contributed by atoms with E-state index < -0.39 is 22.0 Å². The van der Waals surface area contributed by atoms with Crippen molar-refractivity contribution in [2.24, 2.45) is 5.92 Å². The summed E-state index contributed by atoms with van der Waals surface area (Å²) in [4.78, 5) is 18.8. The zero-order valence-electron chi connectivity index (χ0n) is 9.78. The second kappa shape index (κ2) is 5.09. The highest BCUT2D eigenvalue weighted by atomic mass is 32.2. The van der Waals surface area contributed by atoms with Gasteiger partial charge in [-0.1, -0.05) is 13.8 Å². The zero-order chi connectivity index (χ0) is 13.1. The molecule has 1 aromatic rings. The third-order valence-corrected chi connectivity index (χ3v) is 3.37. The molecule has 0 saturated carbocycles. The van der Waals surface area contributed by atoms with Crippen LogP contribution in [0.15, 0.2) is 18.6 Å². The first-order chi connectivity index (χ1) is 7.84. The Balaban J connectivity index is 2.89. The van der Waals surface area contributed by atoms with E-state index in [-0.39, 0.29) is 5.82 Å². The molecule has 0 atom stereocenters. The van der Waals surface area contributed by atoms with Crippen molar-refractivity contribution in [3.8, 4) is 0 Å². The highest BCUT2D eigenvalue weighted by Gasteiger charge is 2.22. The lowest BCUT2D eigenvalue weighted by Crippen LogP contribution is -2.43. The van der Waals surface area contributed by atoms with Crippen molar-refractivity contribution >= 4 is 21.9 Å². The molecule has 0 radical (unpaired) electrons. The van der Waals surface area contributed by atoms with Crippen LogP contribution in [0.25, 0.3) is 0 Å². The molecular weight excluding hydrogens is 244 g/mol. The molecule has 7 nitrogen and oxygen atoms in total. The van der Waals surface area contributed by atoms with Gasteiger partial charge in [0, 0.05) is 25.2 Å². The summed E-state index contributed by atoms with van der Waals surface area (Å²) in [5.74, 6) is -0.793. The first-order valence-corrected chi connectivity index (χ1v) is 6.35. The smallest absolute Gasteiger partial charge is 0.274 e. The van der Waals surface area contributed by atoms with Crippen molar-refractivity contribution in [3.63, 3.8) is 0 Å². The number of anilines is 1. The second-order valence-electron chi connectivity index (χ2n) is 3.66. The average molecular weight is 258 g/mol. The van der Waals surface area contributed by atoms with Crippen molar-refractivity contribution in [3.05, 3.63) is 18.6 Å². The van der Waals surface area contributed by atoms with E-state index in [4.69, 9.17) is 0 Å². The minimum atomic E-state index is -3.91. The maximum absolute atomic E-state index is 11.8. The number of carbonyl (C=O) groups excluding carboxylic acids is 1. The molecule has 1 heterocycles. The second-order valence-corrected chi connectivity index (χ2v) is 5.36. The summed E-state index contributed by atoms with van der Waals surface area (Å²) in [6, 6.07) is 1.43. The van der Waals surface area contributed by atoms with Gasteiger partial charge in [-0.05, 0) is 0 Å². The molecule has 1 rings (SSSR count). The summed E-state index contributed by atoms with van der Waals surface area (Å²) >= 11 is 0. The number of nitrogens with zero attached hydrogens (tertiary/aromatic N) is 3. The molecule has 17 heavy (non-hydrogen) atoms. The average Bonchev–Trinajstić information content (AvgIpc) is 2.28. The molecule has 0 unspecified atom stereocenters. The number of rotatable bonds is 4. The Hall–Kier alpha value is -1.70. The first-order valence-electron chi connectivity index (χ1n) is 4.91. The van der Waals surface area contributed by atoms with Crippen LogP contribution in [0, 0.1) is 5.92 Å². The Bertz CT molecular complexity index is 486. The lowest BCUT2D eigenvalue weighted by atomic mass is 10.2. The summed E-state index contributed by atoms with van der Waals surface area (Å²) in [6.07, 6.45) is 2.64. The number of amides is 1. The van der Waals surface area contributed by atoms with E-state index in [1.165, 1.54) is 25.6 Å². The molecule has 0 aromatic carbocycles. The number of aromatic nitrogens is 2. The van der Waals surface area contributed by atoms with Crippen LogP contribution in [0.3, 0.4) is 0 Å². The fourth-order valence-corrected chi connectivity index (χ4v) is 1.89. The largest absolute Gasteiger partial charge is 0.327 e.